The number of benzene rings is 2. The van der Waals surface area contributed by atoms with E-state index in [1.165, 1.54) is 18.5 Å². The van der Waals surface area contributed by atoms with Crippen LogP contribution in [0, 0.1) is 0 Å². The van der Waals surface area contributed by atoms with E-state index in [1.54, 1.807) is 6.21 Å². The van der Waals surface area contributed by atoms with E-state index in [0.29, 0.717) is 5.69 Å². The number of halogens is 1. The van der Waals surface area contributed by atoms with Gasteiger partial charge in [-0.2, -0.15) is 5.10 Å². The zero-order valence-electron chi connectivity index (χ0n) is 13.2. The van der Waals surface area contributed by atoms with Gasteiger partial charge in [-0.25, -0.2) is 10.2 Å². The van der Waals surface area contributed by atoms with E-state index >= 15 is 0 Å². The highest BCUT2D eigenvalue weighted by atomic mass is 79.9. The molecular formula is C18H19BrN4O. The molecule has 24 heavy (non-hydrogen) atoms. The van der Waals surface area contributed by atoms with Crippen LogP contribution in [0.4, 0.5) is 16.2 Å². The van der Waals surface area contributed by atoms with Gasteiger partial charge in [-0.15, -0.1) is 0 Å². The topological polar surface area (TPSA) is 56.7 Å². The molecule has 0 aromatic heterocycles. The van der Waals surface area contributed by atoms with Crippen LogP contribution in [0.3, 0.4) is 0 Å². The van der Waals surface area contributed by atoms with Crippen LogP contribution in [-0.2, 0) is 0 Å². The van der Waals surface area contributed by atoms with Gasteiger partial charge in [0.1, 0.15) is 0 Å². The molecule has 2 aromatic rings. The van der Waals surface area contributed by atoms with Crippen LogP contribution in [0.15, 0.2) is 58.1 Å². The molecule has 2 amide bonds. The molecule has 1 aliphatic heterocycles. The van der Waals surface area contributed by atoms with Crippen molar-refractivity contribution >= 4 is 39.6 Å². The largest absolute Gasteiger partial charge is 0.372 e. The van der Waals surface area contributed by atoms with Gasteiger partial charge in [0.25, 0.3) is 0 Å². The first-order valence-corrected chi connectivity index (χ1v) is 8.71. The first kappa shape index (κ1) is 16.5. The van der Waals surface area contributed by atoms with E-state index in [-0.39, 0.29) is 6.03 Å². The second kappa shape index (κ2) is 7.97. The van der Waals surface area contributed by atoms with E-state index < -0.39 is 0 Å². The summed E-state index contributed by atoms with van der Waals surface area (Å²) in [6.07, 6.45) is 4.16. The van der Waals surface area contributed by atoms with Gasteiger partial charge in [0.15, 0.2) is 0 Å². The Balaban J connectivity index is 1.50. The van der Waals surface area contributed by atoms with Gasteiger partial charge in [-0.05, 0) is 54.8 Å². The van der Waals surface area contributed by atoms with Crippen LogP contribution in [0.25, 0.3) is 0 Å². The molecule has 5 nitrogen and oxygen atoms in total. The first-order chi connectivity index (χ1) is 11.7. The summed E-state index contributed by atoms with van der Waals surface area (Å²) in [6, 6.07) is 15.2. The zero-order valence-corrected chi connectivity index (χ0v) is 14.8. The average molecular weight is 387 g/mol. The second-order valence-electron chi connectivity index (χ2n) is 5.62. The minimum atomic E-state index is -0.373. The SMILES string of the molecule is O=C(N/N=C/c1ccc(N2CCCC2)cc1)Nc1ccc(Br)cc1. The second-order valence-corrected chi connectivity index (χ2v) is 6.53. The molecule has 2 N–H and O–H groups in total. The maximum absolute atomic E-state index is 11.8. The van der Waals surface area contributed by atoms with E-state index in [0.717, 1.165) is 23.1 Å². The van der Waals surface area contributed by atoms with Crippen LogP contribution in [0.5, 0.6) is 0 Å². The summed E-state index contributed by atoms with van der Waals surface area (Å²) < 4.78 is 0.962. The molecule has 1 fully saturated rings. The summed E-state index contributed by atoms with van der Waals surface area (Å²) in [5, 5.41) is 6.68. The Hall–Kier alpha value is -2.34. The van der Waals surface area contributed by atoms with Crippen LogP contribution in [-0.4, -0.2) is 25.3 Å². The molecule has 0 atom stereocenters. The highest BCUT2D eigenvalue weighted by Gasteiger charge is 2.11. The molecule has 0 aliphatic carbocycles. The van der Waals surface area contributed by atoms with E-state index in [4.69, 9.17) is 0 Å². The Kier molecular flexibility index (Phi) is 5.48. The Morgan fingerprint density at radius 2 is 1.71 bits per heavy atom. The lowest BCUT2D eigenvalue weighted by Crippen LogP contribution is -2.24. The molecule has 1 saturated heterocycles. The molecule has 6 heteroatoms. The Morgan fingerprint density at radius 3 is 2.38 bits per heavy atom. The molecule has 0 spiro atoms. The smallest absolute Gasteiger partial charge is 0.339 e. The van der Waals surface area contributed by atoms with Crippen molar-refractivity contribution < 1.29 is 4.79 Å². The number of hydrazone groups is 1. The molecule has 0 unspecified atom stereocenters. The molecule has 1 heterocycles. The third kappa shape index (κ3) is 4.58. The molecule has 124 valence electrons. The standard InChI is InChI=1S/C18H19BrN4O/c19-15-5-7-16(8-6-15)21-18(24)22-20-13-14-3-9-17(10-4-14)23-11-1-2-12-23/h3-10,13H,1-2,11-12H2,(H2,21,22,24)/b20-13+. The number of hydrogen-bond donors (Lipinski definition) is 2. The highest BCUT2D eigenvalue weighted by molar-refractivity contribution is 9.10. The number of nitrogens with zero attached hydrogens (tertiary/aromatic N) is 2. The number of carbonyl (C=O) groups is 1. The van der Waals surface area contributed by atoms with Crippen molar-refractivity contribution in [2.75, 3.05) is 23.3 Å². The van der Waals surface area contributed by atoms with Gasteiger partial charge < -0.3 is 10.2 Å². The Labute approximate surface area is 149 Å². The van der Waals surface area contributed by atoms with Gasteiger partial charge in [-0.3, -0.25) is 0 Å². The third-order valence-electron chi connectivity index (χ3n) is 3.85. The number of anilines is 2. The molecular weight excluding hydrogens is 368 g/mol. The van der Waals surface area contributed by atoms with E-state index in [1.807, 2.05) is 36.4 Å². The Morgan fingerprint density at radius 1 is 1.04 bits per heavy atom. The van der Waals surface area contributed by atoms with E-state index in [9.17, 15) is 4.79 Å². The lowest BCUT2D eigenvalue weighted by Gasteiger charge is -2.17. The van der Waals surface area contributed by atoms with Crippen molar-refractivity contribution in [2.24, 2.45) is 5.10 Å². The number of rotatable bonds is 4. The predicted octanol–water partition coefficient (Wildman–Crippen LogP) is 4.20. The molecule has 0 bridgehead atoms. The van der Waals surface area contributed by atoms with E-state index in [2.05, 4.69) is 48.8 Å². The van der Waals surface area contributed by atoms with Crippen molar-refractivity contribution in [3.8, 4) is 0 Å². The maximum Gasteiger partial charge on any atom is 0.339 e. The van der Waals surface area contributed by atoms with Gasteiger partial charge in [-0.1, -0.05) is 28.1 Å². The van der Waals surface area contributed by atoms with Gasteiger partial charge in [0, 0.05) is 28.9 Å². The lowest BCUT2D eigenvalue weighted by molar-refractivity contribution is 0.252. The van der Waals surface area contributed by atoms with Crippen molar-refractivity contribution in [2.45, 2.75) is 12.8 Å². The maximum atomic E-state index is 11.8. The minimum absolute atomic E-state index is 0.373. The minimum Gasteiger partial charge on any atom is -0.372 e. The summed E-state index contributed by atoms with van der Waals surface area (Å²) in [4.78, 5) is 14.1. The number of nitrogens with one attached hydrogen (secondary N) is 2. The normalized spacial score (nSPS) is 14.1. The van der Waals surface area contributed by atoms with Crippen molar-refractivity contribution in [3.05, 3.63) is 58.6 Å². The summed E-state index contributed by atoms with van der Waals surface area (Å²) in [5.41, 5.74) is 5.36. The fraction of sp³-hybridized carbons (Fsp3) is 0.222. The number of amides is 2. The predicted molar refractivity (Wildman–Crippen MR) is 102 cm³/mol. The molecule has 0 saturated carbocycles. The first-order valence-electron chi connectivity index (χ1n) is 7.91. The monoisotopic (exact) mass is 386 g/mol. The van der Waals surface area contributed by atoms with Gasteiger partial charge in [0.05, 0.1) is 6.21 Å². The quantitative estimate of drug-likeness (QED) is 0.610. The van der Waals surface area contributed by atoms with Crippen LogP contribution >= 0.6 is 15.9 Å². The summed E-state index contributed by atoms with van der Waals surface area (Å²) >= 11 is 3.35. The third-order valence-corrected chi connectivity index (χ3v) is 4.37. The van der Waals surface area contributed by atoms with Gasteiger partial charge >= 0.3 is 6.03 Å². The number of urea groups is 1. The fourth-order valence-electron chi connectivity index (χ4n) is 2.60. The molecule has 2 aromatic carbocycles. The average Bonchev–Trinajstić information content (AvgIpc) is 3.12. The van der Waals surface area contributed by atoms with Crippen LogP contribution in [0.2, 0.25) is 0 Å². The highest BCUT2D eigenvalue weighted by Crippen LogP contribution is 2.20. The fourth-order valence-corrected chi connectivity index (χ4v) is 2.87. The number of hydrogen-bond acceptors (Lipinski definition) is 3. The summed E-state index contributed by atoms with van der Waals surface area (Å²) in [6.45, 7) is 2.26. The molecule has 1 aliphatic rings. The lowest BCUT2D eigenvalue weighted by atomic mass is 10.2. The van der Waals surface area contributed by atoms with Crippen molar-refractivity contribution in [3.63, 3.8) is 0 Å². The zero-order chi connectivity index (χ0) is 16.8. The summed E-state index contributed by atoms with van der Waals surface area (Å²) in [5.74, 6) is 0. The Bertz CT molecular complexity index is 707. The summed E-state index contributed by atoms with van der Waals surface area (Å²) in [7, 11) is 0. The molecule has 0 radical (unpaired) electrons. The van der Waals surface area contributed by atoms with Crippen molar-refractivity contribution in [1.29, 1.82) is 0 Å². The number of carbonyl (C=O) groups excluding carboxylic acids is 1. The van der Waals surface area contributed by atoms with Crippen LogP contribution < -0.4 is 15.6 Å². The van der Waals surface area contributed by atoms with Crippen LogP contribution in [0.1, 0.15) is 18.4 Å². The molecule has 3 rings (SSSR count). The van der Waals surface area contributed by atoms with Crippen molar-refractivity contribution in [1.82, 2.24) is 5.43 Å². The van der Waals surface area contributed by atoms with Gasteiger partial charge in [0.2, 0.25) is 0 Å².